The predicted molar refractivity (Wildman–Crippen MR) is 98.3 cm³/mol. The van der Waals surface area contributed by atoms with Gasteiger partial charge in [0.1, 0.15) is 11.5 Å². The van der Waals surface area contributed by atoms with Gasteiger partial charge in [0, 0.05) is 10.7 Å². The summed E-state index contributed by atoms with van der Waals surface area (Å²) < 4.78 is 13.1. The van der Waals surface area contributed by atoms with Crippen LogP contribution in [0.4, 0.5) is 21.5 Å². The summed E-state index contributed by atoms with van der Waals surface area (Å²) in [6.45, 7) is 0. The number of benzene rings is 2. The highest BCUT2D eigenvalue weighted by atomic mass is 35.5. The maximum absolute atomic E-state index is 13.1. The molecule has 3 aromatic rings. The van der Waals surface area contributed by atoms with Crippen LogP contribution in [0.5, 0.6) is 0 Å². The van der Waals surface area contributed by atoms with Gasteiger partial charge in [-0.05, 0) is 48.5 Å². The molecule has 0 saturated carbocycles. The number of rotatable bonds is 4. The summed E-state index contributed by atoms with van der Waals surface area (Å²) in [5.74, 6) is -0.860. The normalized spacial score (nSPS) is 10.4. The monoisotopic (exact) mass is 375 g/mol. The minimum absolute atomic E-state index is 0.201. The number of hydrogen-bond donors (Lipinski definition) is 2. The van der Waals surface area contributed by atoms with Gasteiger partial charge in [-0.3, -0.25) is 4.79 Å². The van der Waals surface area contributed by atoms with Gasteiger partial charge < -0.3 is 10.6 Å². The molecule has 0 fully saturated rings. The van der Waals surface area contributed by atoms with Crippen molar-refractivity contribution in [1.82, 2.24) is 4.98 Å². The van der Waals surface area contributed by atoms with E-state index in [1.165, 1.54) is 24.4 Å². The summed E-state index contributed by atoms with van der Waals surface area (Å²) in [5.41, 5.74) is 1.84. The summed E-state index contributed by atoms with van der Waals surface area (Å²) in [5, 5.41) is 6.72. The topological polar surface area (TPSA) is 54.0 Å². The predicted octanol–water partition coefficient (Wildman–Crippen LogP) is 5.52. The summed E-state index contributed by atoms with van der Waals surface area (Å²) in [6.07, 6.45) is 1.50. The molecule has 2 aromatic carbocycles. The lowest BCUT2D eigenvalue weighted by Gasteiger charge is -2.09. The van der Waals surface area contributed by atoms with Gasteiger partial charge in [-0.1, -0.05) is 29.3 Å². The summed E-state index contributed by atoms with van der Waals surface area (Å²) in [6, 6.07) is 13.9. The first kappa shape index (κ1) is 17.2. The minimum atomic E-state index is -0.432. The van der Waals surface area contributed by atoms with E-state index in [4.69, 9.17) is 23.2 Å². The van der Waals surface area contributed by atoms with Crippen molar-refractivity contribution >= 4 is 46.2 Å². The van der Waals surface area contributed by atoms with Gasteiger partial charge in [-0.15, -0.1) is 0 Å². The van der Waals surface area contributed by atoms with Crippen molar-refractivity contribution in [2.45, 2.75) is 0 Å². The Morgan fingerprint density at radius 1 is 1.00 bits per heavy atom. The molecule has 25 heavy (non-hydrogen) atoms. The molecule has 0 atom stereocenters. The minimum Gasteiger partial charge on any atom is -0.353 e. The Balaban J connectivity index is 1.71. The number of hydrogen-bond acceptors (Lipinski definition) is 3. The Bertz CT molecular complexity index is 916. The van der Waals surface area contributed by atoms with Crippen LogP contribution in [0.1, 0.15) is 10.5 Å². The molecule has 0 radical (unpaired) electrons. The molecule has 2 N–H and O–H groups in total. The Labute approximate surface area is 153 Å². The first-order chi connectivity index (χ1) is 12.0. The summed E-state index contributed by atoms with van der Waals surface area (Å²) >= 11 is 12.0. The molecule has 1 heterocycles. The lowest BCUT2D eigenvalue weighted by atomic mass is 10.2. The standard InChI is InChI=1S/C18H12Cl2FN3O/c19-11-4-6-15(20)17(8-11)23-14-5-7-16(22-10-14)18(25)24-13-3-1-2-12(21)9-13/h1-10,23H,(H,24,25). The third kappa shape index (κ3) is 4.47. The largest absolute Gasteiger partial charge is 0.353 e. The van der Waals surface area contributed by atoms with E-state index in [9.17, 15) is 9.18 Å². The molecule has 126 valence electrons. The van der Waals surface area contributed by atoms with E-state index >= 15 is 0 Å². The Kier molecular flexibility index (Phi) is 5.16. The highest BCUT2D eigenvalue weighted by Gasteiger charge is 2.09. The van der Waals surface area contributed by atoms with Crippen molar-refractivity contribution < 1.29 is 9.18 Å². The van der Waals surface area contributed by atoms with Crippen LogP contribution in [0.15, 0.2) is 60.8 Å². The maximum atomic E-state index is 13.1. The molecule has 1 amide bonds. The van der Waals surface area contributed by atoms with Gasteiger partial charge in [0.2, 0.25) is 0 Å². The Morgan fingerprint density at radius 3 is 2.56 bits per heavy atom. The molecule has 0 aliphatic carbocycles. The number of anilines is 3. The smallest absolute Gasteiger partial charge is 0.274 e. The SMILES string of the molecule is O=C(Nc1cccc(F)c1)c1ccc(Nc2cc(Cl)ccc2Cl)cn1. The molecule has 7 heteroatoms. The fraction of sp³-hybridized carbons (Fsp3) is 0. The van der Waals surface area contributed by atoms with E-state index in [-0.39, 0.29) is 5.69 Å². The molecule has 0 spiro atoms. The van der Waals surface area contributed by atoms with Crippen LogP contribution < -0.4 is 10.6 Å². The average Bonchev–Trinajstić information content (AvgIpc) is 2.59. The molecular weight excluding hydrogens is 364 g/mol. The van der Waals surface area contributed by atoms with Crippen molar-refractivity contribution in [1.29, 1.82) is 0 Å². The number of carbonyl (C=O) groups is 1. The van der Waals surface area contributed by atoms with E-state index < -0.39 is 11.7 Å². The second-order valence-corrected chi connectivity index (χ2v) is 5.99. The van der Waals surface area contributed by atoms with Crippen molar-refractivity contribution in [3.8, 4) is 0 Å². The Morgan fingerprint density at radius 2 is 1.84 bits per heavy atom. The molecule has 0 saturated heterocycles. The molecule has 3 rings (SSSR count). The molecule has 4 nitrogen and oxygen atoms in total. The zero-order valence-corrected chi connectivity index (χ0v) is 14.3. The third-order valence-corrected chi connectivity index (χ3v) is 3.85. The van der Waals surface area contributed by atoms with Crippen LogP contribution in [0.25, 0.3) is 0 Å². The van der Waals surface area contributed by atoms with Crippen LogP contribution in [0, 0.1) is 5.82 Å². The van der Waals surface area contributed by atoms with E-state index in [1.54, 1.807) is 36.4 Å². The number of carbonyl (C=O) groups excluding carboxylic acids is 1. The third-order valence-electron chi connectivity index (χ3n) is 3.29. The average molecular weight is 376 g/mol. The van der Waals surface area contributed by atoms with Crippen LogP contribution >= 0.6 is 23.2 Å². The first-order valence-corrected chi connectivity index (χ1v) is 8.02. The van der Waals surface area contributed by atoms with Gasteiger partial charge in [-0.2, -0.15) is 0 Å². The van der Waals surface area contributed by atoms with Crippen LogP contribution in [0.3, 0.4) is 0 Å². The fourth-order valence-corrected chi connectivity index (χ4v) is 2.45. The molecule has 0 bridgehead atoms. The van der Waals surface area contributed by atoms with Crippen molar-refractivity contribution in [2.75, 3.05) is 10.6 Å². The van der Waals surface area contributed by atoms with E-state index in [1.807, 2.05) is 0 Å². The number of aromatic nitrogens is 1. The number of pyridine rings is 1. The number of amides is 1. The van der Waals surface area contributed by atoms with E-state index in [0.717, 1.165) is 0 Å². The fourth-order valence-electron chi connectivity index (χ4n) is 2.11. The number of nitrogens with one attached hydrogen (secondary N) is 2. The molecule has 0 aliphatic heterocycles. The van der Waals surface area contributed by atoms with Gasteiger partial charge in [0.05, 0.1) is 22.6 Å². The van der Waals surface area contributed by atoms with Crippen molar-refractivity contribution in [3.05, 3.63) is 82.4 Å². The molecule has 0 unspecified atom stereocenters. The van der Waals surface area contributed by atoms with E-state index in [2.05, 4.69) is 15.6 Å². The van der Waals surface area contributed by atoms with Crippen molar-refractivity contribution in [2.24, 2.45) is 0 Å². The van der Waals surface area contributed by atoms with E-state index in [0.29, 0.717) is 27.1 Å². The molecular formula is C18H12Cl2FN3O. The van der Waals surface area contributed by atoms with Gasteiger partial charge >= 0.3 is 0 Å². The number of halogens is 3. The van der Waals surface area contributed by atoms with Gasteiger partial charge in [-0.25, -0.2) is 9.37 Å². The first-order valence-electron chi connectivity index (χ1n) is 7.26. The Hall–Kier alpha value is -2.63. The maximum Gasteiger partial charge on any atom is 0.274 e. The van der Waals surface area contributed by atoms with Gasteiger partial charge in [0.15, 0.2) is 0 Å². The molecule has 0 aliphatic rings. The zero-order chi connectivity index (χ0) is 17.8. The second-order valence-electron chi connectivity index (χ2n) is 5.15. The van der Waals surface area contributed by atoms with Crippen LogP contribution in [-0.2, 0) is 0 Å². The quantitative estimate of drug-likeness (QED) is 0.630. The van der Waals surface area contributed by atoms with Crippen LogP contribution in [0.2, 0.25) is 10.0 Å². The van der Waals surface area contributed by atoms with Crippen LogP contribution in [-0.4, -0.2) is 10.9 Å². The van der Waals surface area contributed by atoms with Crippen molar-refractivity contribution in [3.63, 3.8) is 0 Å². The number of nitrogens with zero attached hydrogens (tertiary/aromatic N) is 1. The lowest BCUT2D eigenvalue weighted by Crippen LogP contribution is -2.13. The summed E-state index contributed by atoms with van der Waals surface area (Å²) in [4.78, 5) is 16.2. The highest BCUT2D eigenvalue weighted by molar-refractivity contribution is 6.35. The zero-order valence-electron chi connectivity index (χ0n) is 12.8. The second kappa shape index (κ2) is 7.51. The van der Waals surface area contributed by atoms with Gasteiger partial charge in [0.25, 0.3) is 5.91 Å². The lowest BCUT2D eigenvalue weighted by molar-refractivity contribution is 0.102. The molecule has 1 aromatic heterocycles. The summed E-state index contributed by atoms with van der Waals surface area (Å²) in [7, 11) is 0. The highest BCUT2D eigenvalue weighted by Crippen LogP contribution is 2.28.